The Bertz CT molecular complexity index is 309. The minimum absolute atomic E-state index is 0.299. The number of aliphatic hydroxyl groups is 1. The lowest BCUT2D eigenvalue weighted by atomic mass is 10.4. The topological polar surface area (TPSA) is 79.3 Å². The molecule has 6 nitrogen and oxygen atoms in total. The summed E-state index contributed by atoms with van der Waals surface area (Å²) in [5, 5.41) is 15.5. The van der Waals surface area contributed by atoms with Crippen molar-refractivity contribution in [3.05, 3.63) is 12.4 Å². The van der Waals surface area contributed by atoms with E-state index in [9.17, 15) is 5.11 Å². The second-order valence-corrected chi connectivity index (χ2v) is 3.31. The summed E-state index contributed by atoms with van der Waals surface area (Å²) in [6.45, 7) is 3.47. The molecule has 1 unspecified atom stereocenters. The Labute approximate surface area is 95.1 Å². The highest BCUT2D eigenvalue weighted by Crippen LogP contribution is 2.06. The number of hydrogen-bond acceptors (Lipinski definition) is 6. The van der Waals surface area contributed by atoms with Gasteiger partial charge in [0.15, 0.2) is 0 Å². The third-order valence-electron chi connectivity index (χ3n) is 1.87. The number of ether oxygens (including phenoxy) is 1. The smallest absolute Gasteiger partial charge is 0.147 e. The molecule has 16 heavy (non-hydrogen) atoms. The van der Waals surface area contributed by atoms with Crippen LogP contribution in [0, 0.1) is 0 Å². The minimum Gasteiger partial charge on any atom is -0.389 e. The number of methoxy groups -OCH3 is 1. The number of nitrogens with zero attached hydrogens (tertiary/aromatic N) is 2. The Morgan fingerprint density at radius 2 is 2.06 bits per heavy atom. The van der Waals surface area contributed by atoms with Gasteiger partial charge in [-0.3, -0.25) is 4.98 Å². The van der Waals surface area contributed by atoms with Crippen molar-refractivity contribution in [1.82, 2.24) is 9.97 Å². The highest BCUT2D eigenvalue weighted by Gasteiger charge is 2.03. The standard InChI is InChI=1S/C10H18N4O2/c1-3-12-9-5-11-6-10(14-9)13-4-8(15)7-16-2/h5-6,8,15H,3-4,7H2,1-2H3,(H2,12,13,14). The minimum atomic E-state index is -0.547. The molecule has 0 aliphatic rings. The monoisotopic (exact) mass is 226 g/mol. The number of hydrogen-bond donors (Lipinski definition) is 3. The molecule has 0 spiro atoms. The van der Waals surface area contributed by atoms with E-state index in [-0.39, 0.29) is 0 Å². The lowest BCUT2D eigenvalue weighted by Gasteiger charge is -2.11. The molecule has 0 saturated heterocycles. The summed E-state index contributed by atoms with van der Waals surface area (Å²) in [6.07, 6.45) is 2.72. The lowest BCUT2D eigenvalue weighted by molar-refractivity contribution is 0.0727. The maximum Gasteiger partial charge on any atom is 0.147 e. The molecule has 0 saturated carbocycles. The first kappa shape index (κ1) is 12.7. The molecule has 3 N–H and O–H groups in total. The van der Waals surface area contributed by atoms with E-state index in [1.165, 1.54) is 0 Å². The number of aromatic nitrogens is 2. The molecule has 1 aromatic heterocycles. The zero-order valence-corrected chi connectivity index (χ0v) is 9.60. The van der Waals surface area contributed by atoms with E-state index in [1.54, 1.807) is 19.5 Å². The Morgan fingerprint density at radius 3 is 2.69 bits per heavy atom. The molecule has 1 heterocycles. The maximum absolute atomic E-state index is 9.43. The van der Waals surface area contributed by atoms with Crippen molar-refractivity contribution < 1.29 is 9.84 Å². The van der Waals surface area contributed by atoms with E-state index in [2.05, 4.69) is 20.6 Å². The van der Waals surface area contributed by atoms with Crippen LogP contribution in [0.25, 0.3) is 0 Å². The molecule has 0 aromatic carbocycles. The Morgan fingerprint density at radius 1 is 1.38 bits per heavy atom. The van der Waals surface area contributed by atoms with Gasteiger partial charge in [-0.25, -0.2) is 4.98 Å². The Kier molecular flexibility index (Phi) is 5.52. The molecule has 90 valence electrons. The van der Waals surface area contributed by atoms with Crippen LogP contribution in [0.15, 0.2) is 12.4 Å². The second-order valence-electron chi connectivity index (χ2n) is 3.31. The normalized spacial score (nSPS) is 12.2. The van der Waals surface area contributed by atoms with Gasteiger partial charge in [0.05, 0.1) is 25.1 Å². The van der Waals surface area contributed by atoms with Gasteiger partial charge in [-0.05, 0) is 6.92 Å². The second kappa shape index (κ2) is 6.97. The van der Waals surface area contributed by atoms with E-state index in [4.69, 9.17) is 4.74 Å². The third-order valence-corrected chi connectivity index (χ3v) is 1.87. The molecule has 0 bridgehead atoms. The molecular weight excluding hydrogens is 208 g/mol. The van der Waals surface area contributed by atoms with Crippen molar-refractivity contribution in [2.24, 2.45) is 0 Å². The predicted molar refractivity (Wildman–Crippen MR) is 62.6 cm³/mol. The molecule has 0 aliphatic heterocycles. The summed E-state index contributed by atoms with van der Waals surface area (Å²) < 4.78 is 4.82. The fourth-order valence-corrected chi connectivity index (χ4v) is 1.19. The van der Waals surface area contributed by atoms with E-state index < -0.39 is 6.10 Å². The van der Waals surface area contributed by atoms with Crippen LogP contribution in [0.4, 0.5) is 11.6 Å². The van der Waals surface area contributed by atoms with Gasteiger partial charge >= 0.3 is 0 Å². The van der Waals surface area contributed by atoms with Gasteiger partial charge < -0.3 is 20.5 Å². The maximum atomic E-state index is 9.43. The molecule has 0 amide bonds. The van der Waals surface area contributed by atoms with Crippen molar-refractivity contribution in [2.75, 3.05) is 37.4 Å². The fraction of sp³-hybridized carbons (Fsp3) is 0.600. The zero-order chi connectivity index (χ0) is 11.8. The highest BCUT2D eigenvalue weighted by atomic mass is 16.5. The summed E-state index contributed by atoms with van der Waals surface area (Å²) >= 11 is 0. The first-order valence-corrected chi connectivity index (χ1v) is 5.23. The van der Waals surface area contributed by atoms with Gasteiger partial charge in [-0.2, -0.15) is 0 Å². The number of nitrogens with one attached hydrogen (secondary N) is 2. The van der Waals surface area contributed by atoms with E-state index in [0.29, 0.717) is 24.8 Å². The van der Waals surface area contributed by atoms with Crippen molar-refractivity contribution in [3.63, 3.8) is 0 Å². The SMILES string of the molecule is CCNc1cncc(NCC(O)COC)n1. The van der Waals surface area contributed by atoms with Crippen molar-refractivity contribution in [3.8, 4) is 0 Å². The molecular formula is C10H18N4O2. The zero-order valence-electron chi connectivity index (χ0n) is 9.60. The van der Waals surface area contributed by atoms with Crippen LogP contribution < -0.4 is 10.6 Å². The molecule has 0 fully saturated rings. The average Bonchev–Trinajstić information content (AvgIpc) is 2.28. The number of aliphatic hydroxyl groups excluding tert-OH is 1. The van der Waals surface area contributed by atoms with Crippen molar-refractivity contribution >= 4 is 11.6 Å². The summed E-state index contributed by atoms with van der Waals surface area (Å²) in [5.41, 5.74) is 0. The van der Waals surface area contributed by atoms with Gasteiger partial charge in [-0.1, -0.05) is 0 Å². The van der Waals surface area contributed by atoms with Crippen LogP contribution in [0.5, 0.6) is 0 Å². The van der Waals surface area contributed by atoms with Crippen molar-refractivity contribution in [2.45, 2.75) is 13.0 Å². The predicted octanol–water partition coefficient (Wildman–Crippen LogP) is 0.328. The third kappa shape index (κ3) is 4.41. The van der Waals surface area contributed by atoms with Gasteiger partial charge in [0.25, 0.3) is 0 Å². The highest BCUT2D eigenvalue weighted by molar-refractivity contribution is 5.41. The number of anilines is 2. The van der Waals surface area contributed by atoms with Crippen LogP contribution >= 0.6 is 0 Å². The van der Waals surface area contributed by atoms with Crippen LogP contribution in [0.1, 0.15) is 6.92 Å². The molecule has 1 aromatic rings. The van der Waals surface area contributed by atoms with Gasteiger partial charge in [0, 0.05) is 20.2 Å². The van der Waals surface area contributed by atoms with Gasteiger partial charge in [0.2, 0.25) is 0 Å². The van der Waals surface area contributed by atoms with Crippen LogP contribution in [-0.4, -0.2) is 48.0 Å². The Balaban J connectivity index is 2.44. The number of rotatable bonds is 7. The van der Waals surface area contributed by atoms with Crippen LogP contribution in [0.3, 0.4) is 0 Å². The van der Waals surface area contributed by atoms with E-state index in [1.807, 2.05) is 6.92 Å². The summed E-state index contributed by atoms with van der Waals surface area (Å²) in [7, 11) is 1.55. The average molecular weight is 226 g/mol. The molecule has 6 heteroatoms. The van der Waals surface area contributed by atoms with Crippen molar-refractivity contribution in [1.29, 1.82) is 0 Å². The largest absolute Gasteiger partial charge is 0.389 e. The summed E-state index contributed by atoms with van der Waals surface area (Å²) in [4.78, 5) is 8.28. The van der Waals surface area contributed by atoms with E-state index in [0.717, 1.165) is 6.54 Å². The molecule has 0 aliphatic carbocycles. The molecule has 1 rings (SSSR count). The first-order valence-electron chi connectivity index (χ1n) is 5.23. The Hall–Kier alpha value is -1.40. The van der Waals surface area contributed by atoms with Gasteiger partial charge in [-0.15, -0.1) is 0 Å². The van der Waals surface area contributed by atoms with E-state index >= 15 is 0 Å². The lowest BCUT2D eigenvalue weighted by Crippen LogP contribution is -2.24. The summed E-state index contributed by atoms with van der Waals surface area (Å²) in [6, 6.07) is 0. The first-order chi connectivity index (χ1) is 7.76. The summed E-state index contributed by atoms with van der Waals surface area (Å²) in [5.74, 6) is 1.35. The molecule has 0 radical (unpaired) electrons. The molecule has 1 atom stereocenters. The van der Waals surface area contributed by atoms with Crippen LogP contribution in [-0.2, 0) is 4.74 Å². The van der Waals surface area contributed by atoms with Crippen LogP contribution in [0.2, 0.25) is 0 Å². The fourth-order valence-electron chi connectivity index (χ4n) is 1.19. The quantitative estimate of drug-likeness (QED) is 0.621. The van der Waals surface area contributed by atoms with Gasteiger partial charge in [0.1, 0.15) is 11.6 Å².